The molecule has 3 aliphatic heterocycles. The number of likely N-dealkylation sites (N-methyl/N-ethyl adjacent to an activating group) is 1. The van der Waals surface area contributed by atoms with Gasteiger partial charge >= 0.3 is 0 Å². The standard InChI is InChI=1S/C15H19BrN2O4S2/c1-17-9-15(22-8-13(17)19)6-10-2-3-11(7-15)18(10)24(20,21)14-5-4-12(16)23-14/h4-5,10-11H,2-3,6-9H2,1H3. The van der Waals surface area contributed by atoms with E-state index in [4.69, 9.17) is 4.74 Å². The number of carbonyl (C=O) groups is 1. The number of carbonyl (C=O) groups excluding carboxylic acids is 1. The molecule has 6 nitrogen and oxygen atoms in total. The maximum Gasteiger partial charge on any atom is 0.253 e. The van der Waals surface area contributed by atoms with E-state index in [0.717, 1.165) is 16.6 Å². The Hall–Kier alpha value is -0.480. The summed E-state index contributed by atoms with van der Waals surface area (Å²) in [7, 11) is -1.68. The van der Waals surface area contributed by atoms with Crippen LogP contribution in [0, 0.1) is 0 Å². The van der Waals surface area contributed by atoms with Crippen molar-refractivity contribution in [2.75, 3.05) is 20.2 Å². The van der Waals surface area contributed by atoms with E-state index in [-0.39, 0.29) is 24.6 Å². The first-order valence-corrected chi connectivity index (χ1v) is 11.0. The van der Waals surface area contributed by atoms with E-state index in [1.165, 1.54) is 11.3 Å². The molecule has 2 bridgehead atoms. The van der Waals surface area contributed by atoms with Crippen molar-refractivity contribution < 1.29 is 17.9 Å². The smallest absolute Gasteiger partial charge is 0.253 e. The number of nitrogens with zero attached hydrogens (tertiary/aromatic N) is 2. The second-order valence-electron chi connectivity index (χ2n) is 6.91. The van der Waals surface area contributed by atoms with E-state index in [9.17, 15) is 13.2 Å². The molecule has 0 aliphatic carbocycles. The molecular formula is C15H19BrN2O4S2. The highest BCUT2D eigenvalue weighted by atomic mass is 79.9. The van der Waals surface area contributed by atoms with Gasteiger partial charge in [-0.15, -0.1) is 11.3 Å². The minimum Gasteiger partial charge on any atom is -0.363 e. The number of sulfonamides is 1. The highest BCUT2D eigenvalue weighted by Gasteiger charge is 2.55. The van der Waals surface area contributed by atoms with Crippen molar-refractivity contribution >= 4 is 43.2 Å². The number of halogens is 1. The second kappa shape index (κ2) is 5.77. The fraction of sp³-hybridized carbons (Fsp3) is 0.667. The molecule has 0 saturated carbocycles. The highest BCUT2D eigenvalue weighted by molar-refractivity contribution is 9.11. The van der Waals surface area contributed by atoms with Gasteiger partial charge in [0.2, 0.25) is 5.91 Å². The average Bonchev–Trinajstić information content (AvgIpc) is 3.07. The second-order valence-corrected chi connectivity index (χ2v) is 11.4. The van der Waals surface area contributed by atoms with Gasteiger partial charge < -0.3 is 9.64 Å². The van der Waals surface area contributed by atoms with Crippen LogP contribution in [0.5, 0.6) is 0 Å². The predicted octanol–water partition coefficient (Wildman–Crippen LogP) is 2.05. The summed E-state index contributed by atoms with van der Waals surface area (Å²) < 4.78 is 35.0. The summed E-state index contributed by atoms with van der Waals surface area (Å²) in [5.41, 5.74) is -0.392. The van der Waals surface area contributed by atoms with Crippen LogP contribution in [0.25, 0.3) is 0 Å². The summed E-state index contributed by atoms with van der Waals surface area (Å²) in [6.45, 7) is 0.651. The van der Waals surface area contributed by atoms with Gasteiger partial charge in [0.25, 0.3) is 10.0 Å². The summed E-state index contributed by atoms with van der Waals surface area (Å²) >= 11 is 4.59. The van der Waals surface area contributed by atoms with E-state index >= 15 is 0 Å². The Balaban J connectivity index is 1.61. The number of hydrogen-bond donors (Lipinski definition) is 0. The number of piperidine rings is 1. The van der Waals surface area contributed by atoms with Gasteiger partial charge in [-0.3, -0.25) is 4.79 Å². The Morgan fingerprint density at radius 3 is 2.50 bits per heavy atom. The van der Waals surface area contributed by atoms with Gasteiger partial charge in [0.05, 0.1) is 9.39 Å². The van der Waals surface area contributed by atoms with E-state index in [1.807, 2.05) is 0 Å². The summed E-state index contributed by atoms with van der Waals surface area (Å²) in [5, 5.41) is 0. The molecular weight excluding hydrogens is 416 g/mol. The Kier molecular flexibility index (Phi) is 4.08. The third-order valence-corrected chi connectivity index (χ3v) is 9.40. The maximum absolute atomic E-state index is 13.1. The highest BCUT2D eigenvalue weighted by Crippen LogP contribution is 2.47. The van der Waals surface area contributed by atoms with E-state index < -0.39 is 15.6 Å². The van der Waals surface area contributed by atoms with Gasteiger partial charge in [0.15, 0.2) is 0 Å². The van der Waals surface area contributed by atoms with Crippen LogP contribution in [0.4, 0.5) is 0 Å². The average molecular weight is 435 g/mol. The largest absolute Gasteiger partial charge is 0.363 e. The van der Waals surface area contributed by atoms with Gasteiger partial charge in [-0.2, -0.15) is 4.31 Å². The first kappa shape index (κ1) is 17.0. The van der Waals surface area contributed by atoms with Crippen molar-refractivity contribution in [1.82, 2.24) is 9.21 Å². The summed E-state index contributed by atoms with van der Waals surface area (Å²) in [4.78, 5) is 13.4. The Morgan fingerprint density at radius 1 is 1.29 bits per heavy atom. The summed E-state index contributed by atoms with van der Waals surface area (Å²) in [5.74, 6) is -0.00791. The van der Waals surface area contributed by atoms with Crippen molar-refractivity contribution in [2.24, 2.45) is 0 Å². The molecule has 24 heavy (non-hydrogen) atoms. The minimum absolute atomic E-state index is 0.00791. The van der Waals surface area contributed by atoms with Crippen LogP contribution in [-0.4, -0.2) is 61.4 Å². The molecule has 3 saturated heterocycles. The first-order chi connectivity index (χ1) is 11.3. The summed E-state index contributed by atoms with van der Waals surface area (Å²) in [6, 6.07) is 3.35. The lowest BCUT2D eigenvalue weighted by Gasteiger charge is -2.48. The number of fused-ring (bicyclic) bond motifs is 2. The molecule has 9 heteroatoms. The van der Waals surface area contributed by atoms with Gasteiger partial charge in [-0.1, -0.05) is 0 Å². The lowest BCUT2D eigenvalue weighted by molar-refractivity contribution is -0.170. The number of rotatable bonds is 2. The number of thiophene rings is 1. The molecule has 0 N–H and O–H groups in total. The number of ether oxygens (including phenoxy) is 1. The first-order valence-electron chi connectivity index (χ1n) is 7.98. The van der Waals surface area contributed by atoms with Crippen molar-refractivity contribution in [3.8, 4) is 0 Å². The van der Waals surface area contributed by atoms with Crippen molar-refractivity contribution in [3.05, 3.63) is 15.9 Å². The Labute approximate surface area is 153 Å². The number of amides is 1. The fourth-order valence-electron chi connectivity index (χ4n) is 4.33. The van der Waals surface area contributed by atoms with Gasteiger partial charge in [0.1, 0.15) is 10.8 Å². The molecule has 132 valence electrons. The minimum atomic E-state index is -3.47. The zero-order chi connectivity index (χ0) is 17.1. The third kappa shape index (κ3) is 2.65. The van der Waals surface area contributed by atoms with Gasteiger partial charge in [0, 0.05) is 25.7 Å². The van der Waals surface area contributed by atoms with Crippen molar-refractivity contribution in [2.45, 2.75) is 47.6 Å². The van der Waals surface area contributed by atoms with Crippen LogP contribution in [-0.2, 0) is 19.6 Å². The SMILES string of the molecule is CN1CC2(CC3CCC(C2)N3S(=O)(=O)c2ccc(Br)s2)OCC1=O. The van der Waals surface area contributed by atoms with Crippen LogP contribution in [0.1, 0.15) is 25.7 Å². The monoisotopic (exact) mass is 434 g/mol. The summed E-state index contributed by atoms with van der Waals surface area (Å²) in [6.07, 6.45) is 3.04. The molecule has 1 aromatic heterocycles. The maximum atomic E-state index is 13.1. The number of morpholine rings is 1. The van der Waals surface area contributed by atoms with Gasteiger partial charge in [-0.25, -0.2) is 8.42 Å². The molecule has 2 atom stereocenters. The topological polar surface area (TPSA) is 66.9 Å². The van der Waals surface area contributed by atoms with Crippen LogP contribution < -0.4 is 0 Å². The predicted molar refractivity (Wildman–Crippen MR) is 93.4 cm³/mol. The van der Waals surface area contributed by atoms with Crippen molar-refractivity contribution in [1.29, 1.82) is 0 Å². The van der Waals surface area contributed by atoms with Crippen molar-refractivity contribution in [3.63, 3.8) is 0 Å². The normalized spacial score (nSPS) is 34.2. The molecule has 0 aromatic carbocycles. The van der Waals surface area contributed by atoms with E-state index in [2.05, 4.69) is 15.9 Å². The van der Waals surface area contributed by atoms with Gasteiger partial charge in [-0.05, 0) is 53.7 Å². The molecule has 1 aromatic rings. The van der Waals surface area contributed by atoms with Crippen LogP contribution in [0.2, 0.25) is 0 Å². The Bertz CT molecular complexity index is 764. The molecule has 2 unspecified atom stereocenters. The quantitative estimate of drug-likeness (QED) is 0.714. The van der Waals surface area contributed by atoms with Crippen LogP contribution in [0.15, 0.2) is 20.1 Å². The van der Waals surface area contributed by atoms with E-state index in [0.29, 0.717) is 23.6 Å². The molecule has 3 aliphatic rings. The van der Waals surface area contributed by atoms with E-state index in [1.54, 1.807) is 28.4 Å². The molecule has 3 fully saturated rings. The van der Waals surface area contributed by atoms with Crippen LogP contribution >= 0.6 is 27.3 Å². The Morgan fingerprint density at radius 2 is 1.96 bits per heavy atom. The number of hydrogen-bond acceptors (Lipinski definition) is 5. The zero-order valence-corrected chi connectivity index (χ0v) is 16.5. The molecule has 4 heterocycles. The third-order valence-electron chi connectivity index (χ3n) is 5.30. The lowest BCUT2D eigenvalue weighted by Crippen LogP contribution is -2.61. The molecule has 4 rings (SSSR count). The lowest BCUT2D eigenvalue weighted by atomic mass is 9.86. The molecule has 1 amide bonds. The zero-order valence-electron chi connectivity index (χ0n) is 13.3. The molecule has 1 spiro atoms. The fourth-order valence-corrected chi connectivity index (χ4v) is 8.32. The molecule has 0 radical (unpaired) electrons. The van der Waals surface area contributed by atoms with Crippen LogP contribution in [0.3, 0.4) is 0 Å².